The van der Waals surface area contributed by atoms with Crippen LogP contribution in [-0.2, 0) is 23.1 Å². The quantitative estimate of drug-likeness (QED) is 0.600. The molecule has 0 saturated heterocycles. The molecule has 140 valence electrons. The number of nitrogens with zero attached hydrogens (tertiary/aromatic N) is 2. The number of sulfonamides is 1. The van der Waals surface area contributed by atoms with Crippen molar-refractivity contribution in [1.82, 2.24) is 14.9 Å². The minimum atomic E-state index is -3.40. The number of benzene rings is 2. The van der Waals surface area contributed by atoms with E-state index in [4.69, 9.17) is 0 Å². The van der Waals surface area contributed by atoms with E-state index in [9.17, 15) is 8.42 Å². The Bertz CT molecular complexity index is 844. The van der Waals surface area contributed by atoms with E-state index in [2.05, 4.69) is 46.2 Å². The minimum absolute atomic E-state index is 0.254. The molecule has 0 saturated carbocycles. The van der Waals surface area contributed by atoms with Gasteiger partial charge in [0, 0.05) is 27.2 Å². The van der Waals surface area contributed by atoms with E-state index in [0.29, 0.717) is 6.54 Å². The standard InChI is InChI=1S/C19H26N4O2S/c1-15-5-7-17(8-6-15)14-23(4)19(20-2)22-13-16-9-11-18(12-10-16)26(24,25)21-3/h5-12,21H,13-14H2,1-4H3,(H,20,22). The van der Waals surface area contributed by atoms with Crippen LogP contribution in [-0.4, -0.2) is 40.4 Å². The monoisotopic (exact) mass is 374 g/mol. The second-order valence-corrected chi connectivity index (χ2v) is 7.98. The lowest BCUT2D eigenvalue weighted by molar-refractivity contribution is 0.476. The van der Waals surface area contributed by atoms with E-state index >= 15 is 0 Å². The van der Waals surface area contributed by atoms with Crippen molar-refractivity contribution >= 4 is 16.0 Å². The maximum absolute atomic E-state index is 11.8. The van der Waals surface area contributed by atoms with E-state index in [1.165, 1.54) is 18.2 Å². The van der Waals surface area contributed by atoms with Crippen molar-refractivity contribution in [3.63, 3.8) is 0 Å². The molecule has 2 rings (SSSR count). The van der Waals surface area contributed by atoms with Crippen molar-refractivity contribution in [1.29, 1.82) is 0 Å². The average molecular weight is 375 g/mol. The van der Waals surface area contributed by atoms with Crippen molar-refractivity contribution in [3.05, 3.63) is 65.2 Å². The summed E-state index contributed by atoms with van der Waals surface area (Å²) in [6.07, 6.45) is 0. The van der Waals surface area contributed by atoms with Crippen LogP contribution in [0.1, 0.15) is 16.7 Å². The molecule has 0 heterocycles. The lowest BCUT2D eigenvalue weighted by Crippen LogP contribution is -2.38. The molecule has 0 aliphatic heterocycles. The third-order valence-corrected chi connectivity index (χ3v) is 5.50. The summed E-state index contributed by atoms with van der Waals surface area (Å²) < 4.78 is 25.8. The molecule has 0 aromatic heterocycles. The number of nitrogens with one attached hydrogen (secondary N) is 2. The molecule has 0 bridgehead atoms. The van der Waals surface area contributed by atoms with Crippen LogP contribution in [0.5, 0.6) is 0 Å². The van der Waals surface area contributed by atoms with Gasteiger partial charge in [0.05, 0.1) is 4.90 Å². The van der Waals surface area contributed by atoms with Crippen LogP contribution in [0.3, 0.4) is 0 Å². The van der Waals surface area contributed by atoms with E-state index in [1.807, 2.05) is 11.9 Å². The van der Waals surface area contributed by atoms with Gasteiger partial charge in [-0.05, 0) is 37.2 Å². The van der Waals surface area contributed by atoms with Crippen molar-refractivity contribution in [3.8, 4) is 0 Å². The number of aryl methyl sites for hydroxylation is 1. The number of hydrogen-bond acceptors (Lipinski definition) is 3. The van der Waals surface area contributed by atoms with Crippen LogP contribution < -0.4 is 10.0 Å². The van der Waals surface area contributed by atoms with Crippen LogP contribution >= 0.6 is 0 Å². The highest BCUT2D eigenvalue weighted by atomic mass is 32.2. The zero-order valence-corrected chi connectivity index (χ0v) is 16.5. The summed E-state index contributed by atoms with van der Waals surface area (Å²) in [5, 5.41) is 3.30. The van der Waals surface area contributed by atoms with Crippen molar-refractivity contribution in [2.75, 3.05) is 21.1 Å². The van der Waals surface area contributed by atoms with Gasteiger partial charge >= 0.3 is 0 Å². The Morgan fingerprint density at radius 1 is 1.04 bits per heavy atom. The second-order valence-electron chi connectivity index (χ2n) is 6.09. The molecular weight excluding hydrogens is 348 g/mol. The Kier molecular flexibility index (Phi) is 6.76. The fourth-order valence-electron chi connectivity index (χ4n) is 2.51. The molecule has 2 N–H and O–H groups in total. The Morgan fingerprint density at radius 3 is 2.15 bits per heavy atom. The minimum Gasteiger partial charge on any atom is -0.352 e. The molecule has 6 nitrogen and oxygen atoms in total. The molecule has 0 amide bonds. The predicted molar refractivity (Wildman–Crippen MR) is 106 cm³/mol. The topological polar surface area (TPSA) is 73.8 Å². The van der Waals surface area contributed by atoms with Gasteiger partial charge in [0.15, 0.2) is 5.96 Å². The molecule has 0 radical (unpaired) electrons. The number of rotatable bonds is 6. The summed E-state index contributed by atoms with van der Waals surface area (Å²) >= 11 is 0. The zero-order valence-electron chi connectivity index (χ0n) is 15.7. The SMILES string of the molecule is CN=C(NCc1ccc(S(=O)(=O)NC)cc1)N(C)Cc1ccc(C)cc1. The van der Waals surface area contributed by atoms with Crippen LogP contribution in [0.2, 0.25) is 0 Å². The summed E-state index contributed by atoms with van der Waals surface area (Å²) in [6, 6.07) is 15.2. The summed E-state index contributed by atoms with van der Waals surface area (Å²) in [6.45, 7) is 3.38. The third kappa shape index (κ3) is 5.31. The summed E-state index contributed by atoms with van der Waals surface area (Å²) in [7, 11) is 1.73. The van der Waals surface area contributed by atoms with Crippen molar-refractivity contribution in [2.24, 2.45) is 4.99 Å². The normalized spacial score (nSPS) is 12.1. The first kappa shape index (κ1) is 19.9. The summed E-state index contributed by atoms with van der Waals surface area (Å²) in [5.74, 6) is 0.775. The fourth-order valence-corrected chi connectivity index (χ4v) is 3.24. The van der Waals surface area contributed by atoms with E-state index in [0.717, 1.165) is 18.1 Å². The van der Waals surface area contributed by atoms with Gasteiger partial charge in [-0.2, -0.15) is 0 Å². The molecule has 0 atom stereocenters. The van der Waals surface area contributed by atoms with Gasteiger partial charge < -0.3 is 10.2 Å². The van der Waals surface area contributed by atoms with Crippen molar-refractivity contribution < 1.29 is 8.42 Å². The lowest BCUT2D eigenvalue weighted by atomic mass is 10.1. The molecule has 2 aromatic carbocycles. The van der Waals surface area contributed by atoms with Crippen LogP contribution in [0.4, 0.5) is 0 Å². The highest BCUT2D eigenvalue weighted by Gasteiger charge is 2.11. The van der Waals surface area contributed by atoms with Gasteiger partial charge in [0.1, 0.15) is 0 Å². The first-order chi connectivity index (χ1) is 12.4. The molecular formula is C19H26N4O2S. The molecule has 0 fully saturated rings. The average Bonchev–Trinajstić information content (AvgIpc) is 2.64. The highest BCUT2D eigenvalue weighted by Crippen LogP contribution is 2.10. The van der Waals surface area contributed by atoms with Gasteiger partial charge in [0.25, 0.3) is 0 Å². The Morgan fingerprint density at radius 2 is 1.62 bits per heavy atom. The van der Waals surface area contributed by atoms with Gasteiger partial charge in [-0.15, -0.1) is 0 Å². The van der Waals surface area contributed by atoms with Crippen LogP contribution in [0.15, 0.2) is 58.4 Å². The maximum Gasteiger partial charge on any atom is 0.240 e. The highest BCUT2D eigenvalue weighted by molar-refractivity contribution is 7.89. The Hall–Kier alpha value is -2.38. The zero-order chi connectivity index (χ0) is 19.2. The smallest absolute Gasteiger partial charge is 0.240 e. The van der Waals surface area contributed by atoms with E-state index in [-0.39, 0.29) is 4.90 Å². The summed E-state index contributed by atoms with van der Waals surface area (Å²) in [5.41, 5.74) is 3.43. The number of guanidine groups is 1. The van der Waals surface area contributed by atoms with Gasteiger partial charge in [-0.3, -0.25) is 4.99 Å². The molecule has 0 aliphatic carbocycles. The lowest BCUT2D eigenvalue weighted by Gasteiger charge is -2.22. The Labute approximate surface area is 156 Å². The van der Waals surface area contributed by atoms with Crippen LogP contribution in [0, 0.1) is 6.92 Å². The molecule has 7 heteroatoms. The van der Waals surface area contributed by atoms with Crippen LogP contribution in [0.25, 0.3) is 0 Å². The molecule has 26 heavy (non-hydrogen) atoms. The Balaban J connectivity index is 1.96. The maximum atomic E-state index is 11.8. The molecule has 0 unspecified atom stereocenters. The van der Waals surface area contributed by atoms with Gasteiger partial charge in [0.2, 0.25) is 10.0 Å². The molecule has 2 aromatic rings. The summed E-state index contributed by atoms with van der Waals surface area (Å²) in [4.78, 5) is 6.61. The number of aliphatic imine (C=N–C) groups is 1. The first-order valence-corrected chi connectivity index (χ1v) is 9.84. The molecule has 0 spiro atoms. The van der Waals surface area contributed by atoms with E-state index < -0.39 is 10.0 Å². The predicted octanol–water partition coefficient (Wildman–Crippen LogP) is 2.11. The van der Waals surface area contributed by atoms with Gasteiger partial charge in [-0.1, -0.05) is 42.0 Å². The first-order valence-electron chi connectivity index (χ1n) is 8.35. The largest absolute Gasteiger partial charge is 0.352 e. The van der Waals surface area contributed by atoms with Gasteiger partial charge in [-0.25, -0.2) is 13.1 Å². The third-order valence-electron chi connectivity index (χ3n) is 4.07. The number of hydrogen-bond donors (Lipinski definition) is 2. The molecule has 0 aliphatic rings. The van der Waals surface area contributed by atoms with Crippen molar-refractivity contribution in [2.45, 2.75) is 24.9 Å². The van der Waals surface area contributed by atoms with E-state index in [1.54, 1.807) is 31.3 Å². The fraction of sp³-hybridized carbons (Fsp3) is 0.316. The second kappa shape index (κ2) is 8.82.